The van der Waals surface area contributed by atoms with E-state index in [0.717, 1.165) is 12.8 Å². The van der Waals surface area contributed by atoms with Crippen molar-refractivity contribution in [2.45, 2.75) is 19.3 Å². The first-order valence-electron chi connectivity index (χ1n) is 6.31. The van der Waals surface area contributed by atoms with Crippen molar-refractivity contribution in [3.05, 3.63) is 0 Å². The lowest BCUT2D eigenvalue weighted by molar-refractivity contribution is 0.0689. The number of methoxy groups -OCH3 is 1. The smallest absolute Gasteiger partial charge is 0.211 e. The second-order valence-corrected chi connectivity index (χ2v) is 5.91. The summed E-state index contributed by atoms with van der Waals surface area (Å²) in [5, 5.41) is 2.92. The fourth-order valence-electron chi connectivity index (χ4n) is 1.31. The molecule has 2 N–H and O–H groups in total. The van der Waals surface area contributed by atoms with Gasteiger partial charge in [-0.2, -0.15) is 0 Å². The molecule has 0 aliphatic rings. The molecule has 0 aromatic carbocycles. The topological polar surface area (TPSA) is 76.7 Å². The number of nitrogens with one attached hydrogen (secondary N) is 2. The van der Waals surface area contributed by atoms with Crippen LogP contribution in [0.5, 0.6) is 0 Å². The highest BCUT2D eigenvalue weighted by molar-refractivity contribution is 7.89. The minimum atomic E-state index is -3.11. The van der Waals surface area contributed by atoms with E-state index in [1.165, 1.54) is 0 Å². The second-order valence-electron chi connectivity index (χ2n) is 3.98. The van der Waals surface area contributed by atoms with Crippen molar-refractivity contribution >= 4 is 10.0 Å². The van der Waals surface area contributed by atoms with Crippen LogP contribution in [0.15, 0.2) is 0 Å². The highest BCUT2D eigenvalue weighted by atomic mass is 32.2. The van der Waals surface area contributed by atoms with Crippen LogP contribution in [0.1, 0.15) is 19.3 Å². The molecule has 0 radical (unpaired) electrons. The van der Waals surface area contributed by atoms with Crippen molar-refractivity contribution in [3.8, 4) is 0 Å². The normalized spacial score (nSPS) is 11.9. The van der Waals surface area contributed by atoms with Crippen LogP contribution in [0.3, 0.4) is 0 Å². The van der Waals surface area contributed by atoms with Gasteiger partial charge in [0, 0.05) is 20.3 Å². The molecule has 0 saturated carbocycles. The van der Waals surface area contributed by atoms with E-state index in [-0.39, 0.29) is 5.75 Å². The monoisotopic (exact) mass is 282 g/mol. The maximum absolute atomic E-state index is 11.5. The SMILES string of the molecule is CNCCCS(=O)(=O)NCCCCOCCOC. The molecule has 0 aromatic rings. The predicted octanol–water partition coefficient (Wildman–Crippen LogP) is -0.0415. The van der Waals surface area contributed by atoms with Crippen molar-refractivity contribution < 1.29 is 17.9 Å². The lowest BCUT2D eigenvalue weighted by atomic mass is 10.3. The molecule has 0 bridgehead atoms. The van der Waals surface area contributed by atoms with Crippen molar-refractivity contribution in [3.63, 3.8) is 0 Å². The molecule has 0 aliphatic heterocycles. The average molecular weight is 282 g/mol. The van der Waals surface area contributed by atoms with Crippen LogP contribution < -0.4 is 10.0 Å². The zero-order valence-electron chi connectivity index (χ0n) is 11.4. The van der Waals surface area contributed by atoms with E-state index < -0.39 is 10.0 Å². The molecule has 0 rings (SSSR count). The molecular formula is C11H26N2O4S. The second kappa shape index (κ2) is 11.9. The van der Waals surface area contributed by atoms with Crippen LogP contribution in [0, 0.1) is 0 Å². The van der Waals surface area contributed by atoms with E-state index in [0.29, 0.717) is 39.3 Å². The molecule has 0 aliphatic carbocycles. The molecule has 0 spiro atoms. The van der Waals surface area contributed by atoms with Gasteiger partial charge in [0.15, 0.2) is 0 Å². The Morgan fingerprint density at radius 1 is 1.00 bits per heavy atom. The molecule has 0 atom stereocenters. The summed E-state index contributed by atoms with van der Waals surface area (Å²) in [5.41, 5.74) is 0. The summed E-state index contributed by atoms with van der Waals surface area (Å²) in [7, 11) is 0.334. The van der Waals surface area contributed by atoms with E-state index in [1.807, 2.05) is 7.05 Å². The summed E-state index contributed by atoms with van der Waals surface area (Å²) in [6.45, 7) is 3.03. The first kappa shape index (κ1) is 17.8. The van der Waals surface area contributed by atoms with Crippen LogP contribution in [0.2, 0.25) is 0 Å². The Hall–Kier alpha value is -0.210. The molecule has 0 aromatic heterocycles. The molecule has 0 heterocycles. The van der Waals surface area contributed by atoms with E-state index in [4.69, 9.17) is 9.47 Å². The third kappa shape index (κ3) is 12.3. The Bertz CT molecular complexity index is 270. The molecule has 0 unspecified atom stereocenters. The lowest BCUT2D eigenvalue weighted by Crippen LogP contribution is -2.28. The molecule has 7 heteroatoms. The Balaban J connectivity index is 3.36. The van der Waals surface area contributed by atoms with Gasteiger partial charge in [0.2, 0.25) is 10.0 Å². The first-order valence-corrected chi connectivity index (χ1v) is 7.96. The van der Waals surface area contributed by atoms with Crippen LogP contribution >= 0.6 is 0 Å². The fourth-order valence-corrected chi connectivity index (χ4v) is 2.44. The van der Waals surface area contributed by atoms with Gasteiger partial charge < -0.3 is 14.8 Å². The summed E-state index contributed by atoms with van der Waals surface area (Å²) >= 11 is 0. The van der Waals surface area contributed by atoms with Gasteiger partial charge >= 0.3 is 0 Å². The third-order valence-corrected chi connectivity index (χ3v) is 3.78. The maximum atomic E-state index is 11.5. The number of unbranched alkanes of at least 4 members (excludes halogenated alkanes) is 1. The van der Waals surface area contributed by atoms with Crippen LogP contribution in [0.25, 0.3) is 0 Å². The standard InChI is InChI=1S/C11H26N2O4S/c1-12-6-5-11-18(14,15)13-7-3-4-8-17-10-9-16-2/h12-13H,3-11H2,1-2H3. The van der Waals surface area contributed by atoms with Gasteiger partial charge in [-0.05, 0) is 32.9 Å². The summed E-state index contributed by atoms with van der Waals surface area (Å²) in [4.78, 5) is 0. The van der Waals surface area contributed by atoms with Gasteiger partial charge in [0.1, 0.15) is 0 Å². The fraction of sp³-hybridized carbons (Fsp3) is 1.00. The Morgan fingerprint density at radius 2 is 1.78 bits per heavy atom. The quantitative estimate of drug-likeness (QED) is 0.464. The molecule has 18 heavy (non-hydrogen) atoms. The largest absolute Gasteiger partial charge is 0.382 e. The number of ether oxygens (including phenoxy) is 2. The van der Waals surface area contributed by atoms with E-state index >= 15 is 0 Å². The predicted molar refractivity (Wildman–Crippen MR) is 72.3 cm³/mol. The third-order valence-electron chi connectivity index (χ3n) is 2.31. The first-order chi connectivity index (χ1) is 8.62. The molecule has 0 fully saturated rings. The van der Waals surface area contributed by atoms with Gasteiger partial charge in [0.05, 0.1) is 19.0 Å². The highest BCUT2D eigenvalue weighted by Crippen LogP contribution is 1.93. The minimum Gasteiger partial charge on any atom is -0.382 e. The summed E-state index contributed by atoms with van der Waals surface area (Å²) in [6, 6.07) is 0. The summed E-state index contributed by atoms with van der Waals surface area (Å²) in [6.07, 6.45) is 2.27. The molecule has 0 amide bonds. The van der Waals surface area contributed by atoms with Gasteiger partial charge in [0.25, 0.3) is 0 Å². The lowest BCUT2D eigenvalue weighted by Gasteiger charge is -2.07. The zero-order valence-corrected chi connectivity index (χ0v) is 12.2. The number of sulfonamides is 1. The Kier molecular flexibility index (Phi) is 11.7. The van der Waals surface area contributed by atoms with E-state index in [9.17, 15) is 8.42 Å². The number of rotatable bonds is 13. The van der Waals surface area contributed by atoms with Crippen LogP contribution in [-0.4, -0.2) is 61.2 Å². The average Bonchev–Trinajstić information content (AvgIpc) is 2.33. The highest BCUT2D eigenvalue weighted by Gasteiger charge is 2.07. The van der Waals surface area contributed by atoms with Crippen LogP contribution in [0.4, 0.5) is 0 Å². The van der Waals surface area contributed by atoms with Crippen molar-refractivity contribution in [1.82, 2.24) is 10.0 Å². The summed E-state index contributed by atoms with van der Waals surface area (Å²) in [5.74, 6) is 0.179. The number of hydrogen-bond acceptors (Lipinski definition) is 5. The number of hydrogen-bond donors (Lipinski definition) is 2. The van der Waals surface area contributed by atoms with Crippen molar-refractivity contribution in [2.24, 2.45) is 0 Å². The van der Waals surface area contributed by atoms with E-state index in [1.54, 1.807) is 7.11 Å². The van der Waals surface area contributed by atoms with Crippen molar-refractivity contribution in [2.75, 3.05) is 52.8 Å². The molecular weight excluding hydrogens is 256 g/mol. The summed E-state index contributed by atoms with van der Waals surface area (Å²) < 4.78 is 35.7. The van der Waals surface area contributed by atoms with Gasteiger partial charge in [-0.15, -0.1) is 0 Å². The van der Waals surface area contributed by atoms with Gasteiger partial charge in [-0.3, -0.25) is 0 Å². The Morgan fingerprint density at radius 3 is 2.44 bits per heavy atom. The molecule has 6 nitrogen and oxygen atoms in total. The Labute approximate surface area is 110 Å². The van der Waals surface area contributed by atoms with E-state index in [2.05, 4.69) is 10.0 Å². The minimum absolute atomic E-state index is 0.179. The van der Waals surface area contributed by atoms with Crippen LogP contribution in [-0.2, 0) is 19.5 Å². The maximum Gasteiger partial charge on any atom is 0.211 e. The molecule has 0 saturated heterocycles. The molecule has 110 valence electrons. The van der Waals surface area contributed by atoms with Gasteiger partial charge in [-0.1, -0.05) is 0 Å². The van der Waals surface area contributed by atoms with Crippen molar-refractivity contribution in [1.29, 1.82) is 0 Å². The van der Waals surface area contributed by atoms with Gasteiger partial charge in [-0.25, -0.2) is 13.1 Å². The zero-order chi connectivity index (χ0) is 13.7.